The Kier molecular flexibility index (Phi) is 2.64. The number of esters is 1. The molecule has 1 saturated carbocycles. The Balaban J connectivity index is 2.28. The Morgan fingerprint density at radius 3 is 2.62 bits per heavy atom. The van der Waals surface area contributed by atoms with Gasteiger partial charge in [0.2, 0.25) is 0 Å². The van der Waals surface area contributed by atoms with Crippen LogP contribution in [0.2, 0.25) is 0 Å². The zero-order chi connectivity index (χ0) is 12.0. The van der Waals surface area contributed by atoms with Crippen LogP contribution >= 0.6 is 0 Å². The first kappa shape index (κ1) is 11.7. The standard InChI is InChI=1S/C14H22O2/c1-13(2)6-5-7-14(3)9-10(8-11(13)14)12(15)16-4/h9,11H,5-8H2,1-4H3/t11-,14-/m0/s1. The molecule has 2 aliphatic rings. The molecule has 0 bridgehead atoms. The molecule has 0 aromatic carbocycles. The van der Waals surface area contributed by atoms with Gasteiger partial charge in [0.05, 0.1) is 7.11 Å². The van der Waals surface area contributed by atoms with Crippen molar-refractivity contribution in [3.63, 3.8) is 0 Å². The van der Waals surface area contributed by atoms with E-state index >= 15 is 0 Å². The van der Waals surface area contributed by atoms with Gasteiger partial charge in [0.25, 0.3) is 0 Å². The van der Waals surface area contributed by atoms with Crippen LogP contribution in [0.25, 0.3) is 0 Å². The third kappa shape index (κ3) is 1.68. The van der Waals surface area contributed by atoms with Gasteiger partial charge in [-0.2, -0.15) is 0 Å². The van der Waals surface area contributed by atoms with Crippen molar-refractivity contribution in [1.82, 2.24) is 0 Å². The summed E-state index contributed by atoms with van der Waals surface area (Å²) in [7, 11) is 1.47. The topological polar surface area (TPSA) is 26.3 Å². The highest BCUT2D eigenvalue weighted by Gasteiger charge is 2.49. The summed E-state index contributed by atoms with van der Waals surface area (Å²) in [5, 5.41) is 0. The molecule has 0 unspecified atom stereocenters. The molecule has 1 fully saturated rings. The van der Waals surface area contributed by atoms with E-state index in [-0.39, 0.29) is 11.4 Å². The molecule has 0 heterocycles. The van der Waals surface area contributed by atoms with E-state index in [1.807, 2.05) is 0 Å². The number of carbonyl (C=O) groups is 1. The van der Waals surface area contributed by atoms with Crippen LogP contribution < -0.4 is 0 Å². The lowest BCUT2D eigenvalue weighted by atomic mass is 9.58. The number of methoxy groups -OCH3 is 1. The fourth-order valence-corrected chi connectivity index (χ4v) is 3.80. The maximum Gasteiger partial charge on any atom is 0.333 e. The second-order valence-electron chi connectivity index (χ2n) is 6.27. The predicted molar refractivity (Wildman–Crippen MR) is 63.9 cm³/mol. The third-order valence-electron chi connectivity index (χ3n) is 4.65. The predicted octanol–water partition coefficient (Wildman–Crippen LogP) is 3.32. The first-order chi connectivity index (χ1) is 7.39. The molecule has 0 aromatic heterocycles. The van der Waals surface area contributed by atoms with Gasteiger partial charge in [-0.15, -0.1) is 0 Å². The van der Waals surface area contributed by atoms with Crippen LogP contribution in [0.1, 0.15) is 46.5 Å². The minimum absolute atomic E-state index is 0.133. The summed E-state index contributed by atoms with van der Waals surface area (Å²) < 4.78 is 4.85. The van der Waals surface area contributed by atoms with E-state index in [0.29, 0.717) is 11.3 Å². The number of allylic oxidation sites excluding steroid dienone is 1. The van der Waals surface area contributed by atoms with Gasteiger partial charge in [0, 0.05) is 5.57 Å². The molecule has 2 aliphatic carbocycles. The maximum atomic E-state index is 11.6. The largest absolute Gasteiger partial charge is 0.466 e. The fourth-order valence-electron chi connectivity index (χ4n) is 3.80. The van der Waals surface area contributed by atoms with Crippen LogP contribution in [0.5, 0.6) is 0 Å². The summed E-state index contributed by atoms with van der Waals surface area (Å²) in [5.74, 6) is 0.467. The second-order valence-corrected chi connectivity index (χ2v) is 6.27. The Morgan fingerprint density at radius 2 is 2.06 bits per heavy atom. The molecular weight excluding hydrogens is 200 g/mol. The van der Waals surface area contributed by atoms with Crippen molar-refractivity contribution < 1.29 is 9.53 Å². The monoisotopic (exact) mass is 222 g/mol. The minimum Gasteiger partial charge on any atom is -0.466 e. The molecule has 2 nitrogen and oxygen atoms in total. The molecular formula is C14H22O2. The normalized spacial score (nSPS) is 36.5. The fraction of sp³-hybridized carbons (Fsp3) is 0.786. The van der Waals surface area contributed by atoms with E-state index in [0.717, 1.165) is 12.0 Å². The van der Waals surface area contributed by atoms with Gasteiger partial charge >= 0.3 is 5.97 Å². The first-order valence-corrected chi connectivity index (χ1v) is 6.19. The molecule has 0 saturated heterocycles. The van der Waals surface area contributed by atoms with Gasteiger partial charge in [-0.3, -0.25) is 0 Å². The van der Waals surface area contributed by atoms with Gasteiger partial charge in [0.1, 0.15) is 0 Å². The Hall–Kier alpha value is -0.790. The number of fused-ring (bicyclic) bond motifs is 1. The second kappa shape index (κ2) is 3.61. The van der Waals surface area contributed by atoms with Crippen LogP contribution in [-0.4, -0.2) is 13.1 Å². The molecule has 0 N–H and O–H groups in total. The lowest BCUT2D eigenvalue weighted by molar-refractivity contribution is -0.136. The summed E-state index contributed by atoms with van der Waals surface area (Å²) in [6, 6.07) is 0. The average Bonchev–Trinajstić information content (AvgIpc) is 2.56. The number of hydrogen-bond donors (Lipinski definition) is 0. The van der Waals surface area contributed by atoms with Gasteiger partial charge in [-0.25, -0.2) is 4.79 Å². The van der Waals surface area contributed by atoms with E-state index in [4.69, 9.17) is 4.74 Å². The quantitative estimate of drug-likeness (QED) is 0.636. The van der Waals surface area contributed by atoms with E-state index in [2.05, 4.69) is 26.8 Å². The van der Waals surface area contributed by atoms with Crippen molar-refractivity contribution in [2.45, 2.75) is 46.5 Å². The molecule has 2 atom stereocenters. The summed E-state index contributed by atoms with van der Waals surface area (Å²) >= 11 is 0. The summed E-state index contributed by atoms with van der Waals surface area (Å²) in [6.07, 6.45) is 6.84. The highest BCUT2D eigenvalue weighted by atomic mass is 16.5. The highest BCUT2D eigenvalue weighted by molar-refractivity contribution is 5.89. The average molecular weight is 222 g/mol. The Labute approximate surface area is 98.1 Å². The molecule has 0 amide bonds. The van der Waals surface area contributed by atoms with E-state index in [9.17, 15) is 4.79 Å². The van der Waals surface area contributed by atoms with Crippen molar-refractivity contribution in [2.75, 3.05) is 7.11 Å². The van der Waals surface area contributed by atoms with Crippen molar-refractivity contribution in [3.05, 3.63) is 11.6 Å². The summed E-state index contributed by atoms with van der Waals surface area (Å²) in [5.41, 5.74) is 1.45. The molecule has 90 valence electrons. The number of hydrogen-bond acceptors (Lipinski definition) is 2. The van der Waals surface area contributed by atoms with Crippen LogP contribution in [0, 0.1) is 16.7 Å². The molecule has 2 rings (SSSR count). The zero-order valence-corrected chi connectivity index (χ0v) is 10.8. The van der Waals surface area contributed by atoms with Crippen LogP contribution in [0.3, 0.4) is 0 Å². The van der Waals surface area contributed by atoms with Gasteiger partial charge < -0.3 is 4.74 Å². The summed E-state index contributed by atoms with van der Waals surface area (Å²) in [4.78, 5) is 11.6. The van der Waals surface area contributed by atoms with Crippen molar-refractivity contribution in [1.29, 1.82) is 0 Å². The maximum absolute atomic E-state index is 11.6. The Bertz CT molecular complexity index is 341. The smallest absolute Gasteiger partial charge is 0.333 e. The van der Waals surface area contributed by atoms with Crippen molar-refractivity contribution in [3.8, 4) is 0 Å². The SMILES string of the molecule is COC(=O)C1=C[C@]2(C)CCCC(C)(C)[C@@H]2C1. The van der Waals surface area contributed by atoms with Crippen molar-refractivity contribution >= 4 is 5.97 Å². The van der Waals surface area contributed by atoms with Crippen LogP contribution in [-0.2, 0) is 9.53 Å². The van der Waals surface area contributed by atoms with E-state index in [1.165, 1.54) is 26.4 Å². The lowest BCUT2D eigenvalue weighted by Crippen LogP contribution is -2.38. The summed E-state index contributed by atoms with van der Waals surface area (Å²) in [6.45, 7) is 6.97. The first-order valence-electron chi connectivity index (χ1n) is 6.19. The molecule has 16 heavy (non-hydrogen) atoms. The highest BCUT2D eigenvalue weighted by Crippen LogP contribution is 2.58. The number of ether oxygens (including phenoxy) is 1. The minimum atomic E-state index is -0.133. The number of carbonyl (C=O) groups excluding carboxylic acids is 1. The molecule has 0 aromatic rings. The van der Waals surface area contributed by atoms with Crippen molar-refractivity contribution in [2.24, 2.45) is 16.7 Å². The van der Waals surface area contributed by atoms with Gasteiger partial charge in [-0.05, 0) is 36.0 Å². The molecule has 0 radical (unpaired) electrons. The third-order valence-corrected chi connectivity index (χ3v) is 4.65. The lowest BCUT2D eigenvalue weighted by Gasteiger charge is -2.47. The molecule has 0 aliphatic heterocycles. The van der Waals surface area contributed by atoms with Crippen LogP contribution in [0.4, 0.5) is 0 Å². The number of rotatable bonds is 1. The van der Waals surface area contributed by atoms with E-state index in [1.54, 1.807) is 0 Å². The molecule has 2 heteroatoms. The van der Waals surface area contributed by atoms with Gasteiger partial charge in [0.15, 0.2) is 0 Å². The van der Waals surface area contributed by atoms with Gasteiger partial charge in [-0.1, -0.05) is 33.3 Å². The zero-order valence-electron chi connectivity index (χ0n) is 10.8. The molecule has 0 spiro atoms. The van der Waals surface area contributed by atoms with E-state index < -0.39 is 0 Å². The Morgan fingerprint density at radius 1 is 1.38 bits per heavy atom. The van der Waals surface area contributed by atoms with Crippen LogP contribution in [0.15, 0.2) is 11.6 Å².